The van der Waals surface area contributed by atoms with Gasteiger partial charge in [0.2, 0.25) is 5.13 Å². The molecule has 0 aliphatic heterocycles. The van der Waals surface area contributed by atoms with Crippen molar-refractivity contribution >= 4 is 27.8 Å². The van der Waals surface area contributed by atoms with Gasteiger partial charge in [-0.25, -0.2) is 4.98 Å². The van der Waals surface area contributed by atoms with Gasteiger partial charge in [-0.3, -0.25) is 0 Å². The minimum absolute atomic E-state index is 0.428. The van der Waals surface area contributed by atoms with Crippen LogP contribution in [0.1, 0.15) is 57.9 Å². The van der Waals surface area contributed by atoms with Crippen molar-refractivity contribution in [2.75, 3.05) is 5.32 Å². The third kappa shape index (κ3) is 3.55. The summed E-state index contributed by atoms with van der Waals surface area (Å²) in [5, 5.41) is 14.9. The molecule has 0 bridgehead atoms. The van der Waals surface area contributed by atoms with E-state index in [1.165, 1.54) is 5.01 Å². The topological polar surface area (TPSA) is 50.7 Å². The molecule has 0 amide bonds. The standard InChI is InChI=1S/C14H22N4S2/c1-5-9(4)16-14-18-17-13(20-14)11-8-15-12(19-11)10(6-2)7-3/h8-10H,5-7H2,1-4H3,(H,16,18). The molecule has 110 valence electrons. The average molecular weight is 310 g/mol. The van der Waals surface area contributed by atoms with Crippen molar-refractivity contribution in [1.82, 2.24) is 15.2 Å². The normalized spacial score (nSPS) is 12.8. The Morgan fingerprint density at radius 3 is 2.50 bits per heavy atom. The van der Waals surface area contributed by atoms with Crippen LogP contribution in [0.25, 0.3) is 9.88 Å². The van der Waals surface area contributed by atoms with E-state index in [4.69, 9.17) is 0 Å². The zero-order valence-electron chi connectivity index (χ0n) is 12.5. The van der Waals surface area contributed by atoms with Gasteiger partial charge in [0.25, 0.3) is 0 Å². The largest absolute Gasteiger partial charge is 0.358 e. The van der Waals surface area contributed by atoms with E-state index < -0.39 is 0 Å². The molecule has 20 heavy (non-hydrogen) atoms. The van der Waals surface area contributed by atoms with Crippen LogP contribution in [0.5, 0.6) is 0 Å². The highest BCUT2D eigenvalue weighted by Crippen LogP contribution is 2.35. The van der Waals surface area contributed by atoms with Crippen molar-refractivity contribution in [3.05, 3.63) is 11.2 Å². The van der Waals surface area contributed by atoms with Gasteiger partial charge in [0.15, 0.2) is 5.01 Å². The van der Waals surface area contributed by atoms with Gasteiger partial charge in [0, 0.05) is 18.2 Å². The zero-order valence-corrected chi connectivity index (χ0v) is 14.1. The minimum Gasteiger partial charge on any atom is -0.358 e. The van der Waals surface area contributed by atoms with Crippen LogP contribution >= 0.6 is 22.7 Å². The lowest BCUT2D eigenvalue weighted by molar-refractivity contribution is 0.637. The quantitative estimate of drug-likeness (QED) is 0.800. The molecule has 0 saturated heterocycles. The van der Waals surface area contributed by atoms with Gasteiger partial charge < -0.3 is 5.32 Å². The maximum atomic E-state index is 4.56. The number of anilines is 1. The summed E-state index contributed by atoms with van der Waals surface area (Å²) in [6, 6.07) is 0.428. The number of hydrogen-bond donors (Lipinski definition) is 1. The highest BCUT2D eigenvalue weighted by Gasteiger charge is 2.15. The predicted molar refractivity (Wildman–Crippen MR) is 87.7 cm³/mol. The lowest BCUT2D eigenvalue weighted by atomic mass is 10.1. The predicted octanol–water partition coefficient (Wildman–Crippen LogP) is 4.78. The molecular formula is C14H22N4S2. The van der Waals surface area contributed by atoms with Crippen molar-refractivity contribution in [1.29, 1.82) is 0 Å². The first-order valence-corrected chi connectivity index (χ1v) is 8.87. The summed E-state index contributed by atoms with van der Waals surface area (Å²) in [6.07, 6.45) is 5.29. The van der Waals surface area contributed by atoms with Crippen LogP contribution in [0, 0.1) is 0 Å². The molecule has 0 aliphatic rings. The maximum absolute atomic E-state index is 4.56. The second-order valence-corrected chi connectivity index (χ2v) is 6.98. The van der Waals surface area contributed by atoms with Gasteiger partial charge in [-0.2, -0.15) is 0 Å². The van der Waals surface area contributed by atoms with E-state index >= 15 is 0 Å². The smallest absolute Gasteiger partial charge is 0.206 e. The van der Waals surface area contributed by atoms with E-state index in [2.05, 4.69) is 48.2 Å². The summed E-state index contributed by atoms with van der Waals surface area (Å²) < 4.78 is 0. The second-order valence-electron chi connectivity index (χ2n) is 4.94. The summed E-state index contributed by atoms with van der Waals surface area (Å²) in [6.45, 7) is 8.74. The van der Waals surface area contributed by atoms with Crippen LogP contribution in [-0.4, -0.2) is 21.2 Å². The van der Waals surface area contributed by atoms with E-state index in [0.717, 1.165) is 34.3 Å². The lowest BCUT2D eigenvalue weighted by Gasteiger charge is -2.07. The monoisotopic (exact) mass is 310 g/mol. The number of thiazole rings is 1. The molecule has 2 heterocycles. The van der Waals surface area contributed by atoms with E-state index in [1.54, 1.807) is 22.7 Å². The molecule has 2 aromatic heterocycles. The van der Waals surface area contributed by atoms with Crippen molar-refractivity contribution < 1.29 is 0 Å². The highest BCUT2D eigenvalue weighted by atomic mass is 32.1. The molecule has 0 aromatic carbocycles. The summed E-state index contributed by atoms with van der Waals surface area (Å²) in [4.78, 5) is 5.68. The lowest BCUT2D eigenvalue weighted by Crippen LogP contribution is -2.12. The molecule has 4 nitrogen and oxygen atoms in total. The van der Waals surface area contributed by atoms with E-state index in [1.807, 2.05) is 6.20 Å². The fourth-order valence-corrected chi connectivity index (χ4v) is 3.98. The molecule has 0 radical (unpaired) electrons. The molecule has 1 N–H and O–H groups in total. The fraction of sp³-hybridized carbons (Fsp3) is 0.643. The van der Waals surface area contributed by atoms with E-state index in [-0.39, 0.29) is 0 Å². The van der Waals surface area contributed by atoms with E-state index in [9.17, 15) is 0 Å². The van der Waals surface area contributed by atoms with E-state index in [0.29, 0.717) is 12.0 Å². The highest BCUT2D eigenvalue weighted by molar-refractivity contribution is 7.23. The SMILES string of the molecule is CCC(C)Nc1nnc(-c2cnc(C(CC)CC)s2)s1. The fourth-order valence-electron chi connectivity index (χ4n) is 1.91. The third-order valence-corrected chi connectivity index (χ3v) is 5.66. The van der Waals surface area contributed by atoms with Crippen LogP contribution < -0.4 is 5.32 Å². The second kappa shape index (κ2) is 7.13. The molecule has 1 atom stereocenters. The number of hydrogen-bond acceptors (Lipinski definition) is 6. The third-order valence-electron chi connectivity index (χ3n) is 3.48. The average Bonchev–Trinajstić information content (AvgIpc) is 3.09. The Morgan fingerprint density at radius 2 is 1.85 bits per heavy atom. The first-order chi connectivity index (χ1) is 9.67. The summed E-state index contributed by atoms with van der Waals surface area (Å²) in [5.74, 6) is 0.569. The molecule has 1 unspecified atom stereocenters. The first kappa shape index (κ1) is 15.4. The minimum atomic E-state index is 0.428. The summed E-state index contributed by atoms with van der Waals surface area (Å²) in [5.41, 5.74) is 0. The van der Waals surface area contributed by atoms with Crippen molar-refractivity contribution in [2.24, 2.45) is 0 Å². The Morgan fingerprint density at radius 1 is 1.10 bits per heavy atom. The van der Waals surface area contributed by atoms with Gasteiger partial charge >= 0.3 is 0 Å². The van der Waals surface area contributed by atoms with Gasteiger partial charge in [0.1, 0.15) is 0 Å². The van der Waals surface area contributed by atoms with Crippen molar-refractivity contribution in [3.8, 4) is 9.88 Å². The van der Waals surface area contributed by atoms with Crippen LogP contribution in [0.4, 0.5) is 5.13 Å². The Balaban J connectivity index is 2.12. The van der Waals surface area contributed by atoms with Crippen LogP contribution in [-0.2, 0) is 0 Å². The number of nitrogens with one attached hydrogen (secondary N) is 1. The molecule has 6 heteroatoms. The van der Waals surface area contributed by atoms with Crippen molar-refractivity contribution in [3.63, 3.8) is 0 Å². The molecular weight excluding hydrogens is 288 g/mol. The van der Waals surface area contributed by atoms with Crippen LogP contribution in [0.3, 0.4) is 0 Å². The Hall–Kier alpha value is -1.01. The Bertz CT molecular complexity index is 531. The van der Waals surface area contributed by atoms with Crippen LogP contribution in [0.15, 0.2) is 6.20 Å². The molecule has 0 fully saturated rings. The Kier molecular flexibility index (Phi) is 5.48. The van der Waals surface area contributed by atoms with Gasteiger partial charge in [-0.05, 0) is 26.2 Å². The molecule has 2 rings (SSSR count). The summed E-state index contributed by atoms with van der Waals surface area (Å²) >= 11 is 3.36. The zero-order chi connectivity index (χ0) is 14.5. The number of rotatable bonds is 7. The number of nitrogens with zero attached hydrogens (tertiary/aromatic N) is 3. The maximum Gasteiger partial charge on any atom is 0.206 e. The van der Waals surface area contributed by atoms with Crippen molar-refractivity contribution in [2.45, 2.75) is 58.9 Å². The van der Waals surface area contributed by atoms with Gasteiger partial charge in [-0.1, -0.05) is 32.1 Å². The van der Waals surface area contributed by atoms with Gasteiger partial charge in [-0.15, -0.1) is 21.5 Å². The Labute approximate surface area is 128 Å². The molecule has 0 spiro atoms. The van der Waals surface area contributed by atoms with Crippen LogP contribution in [0.2, 0.25) is 0 Å². The van der Waals surface area contributed by atoms with Gasteiger partial charge in [0.05, 0.1) is 9.88 Å². The number of aromatic nitrogens is 3. The molecule has 0 aliphatic carbocycles. The first-order valence-electron chi connectivity index (χ1n) is 7.23. The molecule has 0 saturated carbocycles. The molecule has 2 aromatic rings. The summed E-state index contributed by atoms with van der Waals surface area (Å²) in [7, 11) is 0.